The number of sulfonamides is 1. The van der Waals surface area contributed by atoms with Gasteiger partial charge in [-0.25, -0.2) is 13.1 Å². The number of carbonyl (C=O) groups is 1. The first-order chi connectivity index (χ1) is 12.9. The van der Waals surface area contributed by atoms with Gasteiger partial charge in [0.1, 0.15) is 5.75 Å². The third kappa shape index (κ3) is 7.32. The van der Waals surface area contributed by atoms with E-state index in [1.165, 1.54) is 17.7 Å². The highest BCUT2D eigenvalue weighted by Crippen LogP contribution is 2.14. The van der Waals surface area contributed by atoms with E-state index in [4.69, 9.17) is 4.74 Å². The minimum atomic E-state index is -3.60. The van der Waals surface area contributed by atoms with Gasteiger partial charge in [-0.3, -0.25) is 4.79 Å². The lowest BCUT2D eigenvalue weighted by Gasteiger charge is -2.08. The number of halogens is 1. The number of ether oxygens (including phenoxy) is 1. The number of benzene rings is 2. The minimum absolute atomic E-state index is 0.0582. The lowest BCUT2D eigenvalue weighted by Crippen LogP contribution is -2.31. The van der Waals surface area contributed by atoms with Crippen molar-refractivity contribution in [1.29, 1.82) is 0 Å². The fourth-order valence-corrected chi connectivity index (χ4v) is 3.69. The van der Waals surface area contributed by atoms with Crippen molar-refractivity contribution >= 4 is 31.9 Å². The molecule has 0 aliphatic carbocycles. The molecule has 0 heterocycles. The van der Waals surface area contributed by atoms with Crippen LogP contribution in [0.4, 0.5) is 0 Å². The highest BCUT2D eigenvalue weighted by Gasteiger charge is 2.13. The molecular formula is C19H23BrN2O4S. The summed E-state index contributed by atoms with van der Waals surface area (Å²) in [6, 6.07) is 14.1. The lowest BCUT2D eigenvalue weighted by atomic mass is 10.1. The maximum Gasteiger partial charge on any atom is 0.240 e. The zero-order valence-electron chi connectivity index (χ0n) is 15.1. The Morgan fingerprint density at radius 3 is 2.33 bits per heavy atom. The van der Waals surface area contributed by atoms with E-state index < -0.39 is 10.0 Å². The van der Waals surface area contributed by atoms with Crippen molar-refractivity contribution in [3.8, 4) is 5.75 Å². The number of rotatable bonds is 10. The predicted molar refractivity (Wildman–Crippen MR) is 108 cm³/mol. The van der Waals surface area contributed by atoms with Crippen LogP contribution in [0.25, 0.3) is 0 Å². The van der Waals surface area contributed by atoms with Crippen molar-refractivity contribution in [3.05, 3.63) is 58.6 Å². The van der Waals surface area contributed by atoms with Crippen molar-refractivity contribution in [2.24, 2.45) is 0 Å². The molecule has 0 radical (unpaired) electrons. The Labute approximate surface area is 168 Å². The molecule has 146 valence electrons. The second-order valence-corrected chi connectivity index (χ2v) is 8.59. The van der Waals surface area contributed by atoms with E-state index in [1.807, 2.05) is 24.3 Å². The summed E-state index contributed by atoms with van der Waals surface area (Å²) in [6.45, 7) is 0.604. The number of aryl methyl sites for hydroxylation is 1. The number of nitrogens with one attached hydrogen (secondary N) is 2. The van der Waals surface area contributed by atoms with Crippen LogP contribution < -0.4 is 14.8 Å². The Kier molecular flexibility index (Phi) is 8.27. The van der Waals surface area contributed by atoms with E-state index in [-0.39, 0.29) is 23.8 Å². The van der Waals surface area contributed by atoms with Crippen molar-refractivity contribution in [2.75, 3.05) is 20.2 Å². The van der Waals surface area contributed by atoms with Crippen molar-refractivity contribution in [3.63, 3.8) is 0 Å². The van der Waals surface area contributed by atoms with Gasteiger partial charge in [-0.1, -0.05) is 28.1 Å². The van der Waals surface area contributed by atoms with Crippen LogP contribution in [-0.2, 0) is 21.2 Å². The fourth-order valence-electron chi connectivity index (χ4n) is 2.40. The standard InChI is InChI=1S/C19H23BrN2O4S/c1-26-17-8-4-15(5-9-17)3-2-13-21-19(23)12-14-22-27(24,25)18-10-6-16(20)7-11-18/h4-11,22H,2-3,12-14H2,1H3,(H,21,23). The SMILES string of the molecule is COc1ccc(CCCNC(=O)CCNS(=O)(=O)c2ccc(Br)cc2)cc1. The van der Waals surface area contributed by atoms with Crippen LogP contribution >= 0.6 is 15.9 Å². The van der Waals surface area contributed by atoms with Gasteiger partial charge in [0.25, 0.3) is 0 Å². The van der Waals surface area contributed by atoms with E-state index in [2.05, 4.69) is 26.0 Å². The van der Waals surface area contributed by atoms with Gasteiger partial charge < -0.3 is 10.1 Å². The Morgan fingerprint density at radius 1 is 1.04 bits per heavy atom. The predicted octanol–water partition coefficient (Wildman–Crippen LogP) is 2.88. The molecule has 0 atom stereocenters. The third-order valence-electron chi connectivity index (χ3n) is 3.89. The van der Waals surface area contributed by atoms with Gasteiger partial charge in [0, 0.05) is 24.0 Å². The molecule has 2 aromatic rings. The Balaban J connectivity index is 1.65. The first-order valence-corrected chi connectivity index (χ1v) is 10.8. The summed E-state index contributed by atoms with van der Waals surface area (Å²) in [6.07, 6.45) is 1.75. The zero-order valence-corrected chi connectivity index (χ0v) is 17.5. The summed E-state index contributed by atoms with van der Waals surface area (Å²) in [5.74, 6) is 0.640. The van der Waals surface area contributed by atoms with Gasteiger partial charge in [-0.05, 0) is 54.8 Å². The molecule has 0 unspecified atom stereocenters. The minimum Gasteiger partial charge on any atom is -0.497 e. The first kappa shape index (κ1) is 21.4. The molecule has 0 aromatic heterocycles. The van der Waals surface area contributed by atoms with E-state index in [0.29, 0.717) is 6.54 Å². The topological polar surface area (TPSA) is 84.5 Å². The largest absolute Gasteiger partial charge is 0.497 e. The molecule has 0 fully saturated rings. The second kappa shape index (κ2) is 10.4. The zero-order chi connectivity index (χ0) is 19.7. The van der Waals surface area contributed by atoms with Gasteiger partial charge in [-0.15, -0.1) is 0 Å². The van der Waals surface area contributed by atoms with Gasteiger partial charge in [0.05, 0.1) is 12.0 Å². The number of amides is 1. The molecule has 8 heteroatoms. The fraction of sp³-hybridized carbons (Fsp3) is 0.316. The highest BCUT2D eigenvalue weighted by atomic mass is 79.9. The van der Waals surface area contributed by atoms with E-state index >= 15 is 0 Å². The van der Waals surface area contributed by atoms with Crippen LogP contribution in [0.1, 0.15) is 18.4 Å². The molecule has 2 rings (SSSR count). The smallest absolute Gasteiger partial charge is 0.240 e. The summed E-state index contributed by atoms with van der Waals surface area (Å²) in [7, 11) is -1.97. The maximum atomic E-state index is 12.1. The summed E-state index contributed by atoms with van der Waals surface area (Å²) < 4.78 is 32.6. The molecule has 0 saturated heterocycles. The average Bonchev–Trinajstić information content (AvgIpc) is 2.66. The normalized spacial score (nSPS) is 11.2. The van der Waals surface area contributed by atoms with E-state index in [9.17, 15) is 13.2 Å². The molecule has 1 amide bonds. The van der Waals surface area contributed by atoms with Gasteiger partial charge in [-0.2, -0.15) is 0 Å². The molecule has 2 aromatic carbocycles. The van der Waals surface area contributed by atoms with Crippen LogP contribution in [-0.4, -0.2) is 34.5 Å². The molecule has 0 bridgehead atoms. The summed E-state index contributed by atoms with van der Waals surface area (Å²) >= 11 is 3.26. The quantitative estimate of drug-likeness (QED) is 0.540. The Hall–Kier alpha value is -1.90. The van der Waals surface area contributed by atoms with Gasteiger partial charge >= 0.3 is 0 Å². The van der Waals surface area contributed by atoms with Crippen LogP contribution in [0, 0.1) is 0 Å². The number of carbonyl (C=O) groups excluding carboxylic acids is 1. The maximum absolute atomic E-state index is 12.1. The van der Waals surface area contributed by atoms with Crippen LogP contribution in [0.5, 0.6) is 5.75 Å². The van der Waals surface area contributed by atoms with Crippen LogP contribution in [0.3, 0.4) is 0 Å². The van der Waals surface area contributed by atoms with Gasteiger partial charge in [0.2, 0.25) is 15.9 Å². The third-order valence-corrected chi connectivity index (χ3v) is 5.90. The summed E-state index contributed by atoms with van der Waals surface area (Å²) in [5.41, 5.74) is 1.17. The monoisotopic (exact) mass is 454 g/mol. The molecule has 0 aliphatic heterocycles. The van der Waals surface area contributed by atoms with Crippen molar-refractivity contribution in [1.82, 2.24) is 10.0 Å². The first-order valence-electron chi connectivity index (χ1n) is 8.55. The number of methoxy groups -OCH3 is 1. The van der Waals surface area contributed by atoms with E-state index in [0.717, 1.165) is 23.1 Å². The molecule has 2 N–H and O–H groups in total. The number of hydrogen-bond donors (Lipinski definition) is 2. The van der Waals surface area contributed by atoms with Crippen LogP contribution in [0.2, 0.25) is 0 Å². The summed E-state index contributed by atoms with van der Waals surface area (Å²) in [5, 5.41) is 2.80. The van der Waals surface area contributed by atoms with Gasteiger partial charge in [0.15, 0.2) is 0 Å². The Morgan fingerprint density at radius 2 is 1.70 bits per heavy atom. The Bertz CT molecular complexity index is 837. The highest BCUT2D eigenvalue weighted by molar-refractivity contribution is 9.10. The molecule has 0 spiro atoms. The van der Waals surface area contributed by atoms with Crippen molar-refractivity contribution in [2.45, 2.75) is 24.2 Å². The molecule has 6 nitrogen and oxygen atoms in total. The molecule has 0 aliphatic rings. The molecular weight excluding hydrogens is 432 g/mol. The summed E-state index contributed by atoms with van der Waals surface area (Å²) in [4.78, 5) is 12.0. The second-order valence-electron chi connectivity index (χ2n) is 5.90. The van der Waals surface area contributed by atoms with E-state index in [1.54, 1.807) is 19.2 Å². The average molecular weight is 455 g/mol. The molecule has 0 saturated carbocycles. The molecule has 27 heavy (non-hydrogen) atoms. The number of hydrogen-bond acceptors (Lipinski definition) is 4. The lowest BCUT2D eigenvalue weighted by molar-refractivity contribution is -0.120. The van der Waals surface area contributed by atoms with Crippen molar-refractivity contribution < 1.29 is 17.9 Å². The van der Waals surface area contributed by atoms with Crippen LogP contribution in [0.15, 0.2) is 57.9 Å².